The van der Waals surface area contributed by atoms with Gasteiger partial charge in [-0.15, -0.1) is 0 Å². The van der Waals surface area contributed by atoms with Gasteiger partial charge in [-0.05, 0) is 36.4 Å². The SMILES string of the molecule is COC(=O)c1ccccc1NC(=O)/C(C#N)=C\Nc1ccc(C(N)=O)cc1. The van der Waals surface area contributed by atoms with Gasteiger partial charge in [-0.25, -0.2) is 4.79 Å². The maximum Gasteiger partial charge on any atom is 0.339 e. The van der Waals surface area contributed by atoms with Crippen molar-refractivity contribution in [3.8, 4) is 6.07 Å². The van der Waals surface area contributed by atoms with Crippen LogP contribution in [-0.2, 0) is 9.53 Å². The first kappa shape index (κ1) is 19.2. The molecule has 0 radical (unpaired) electrons. The number of carbonyl (C=O) groups is 3. The average molecular weight is 364 g/mol. The molecule has 0 bridgehead atoms. The van der Waals surface area contributed by atoms with Gasteiger partial charge in [0.05, 0.1) is 18.4 Å². The molecule has 2 amide bonds. The Balaban J connectivity index is 2.14. The lowest BCUT2D eigenvalue weighted by Gasteiger charge is -2.09. The van der Waals surface area contributed by atoms with Crippen LogP contribution in [-0.4, -0.2) is 24.9 Å². The Hall–Kier alpha value is -4.12. The lowest BCUT2D eigenvalue weighted by Crippen LogP contribution is -2.17. The number of benzene rings is 2. The molecule has 136 valence electrons. The van der Waals surface area contributed by atoms with E-state index in [1.54, 1.807) is 30.3 Å². The van der Waals surface area contributed by atoms with Crippen LogP contribution < -0.4 is 16.4 Å². The molecular weight excluding hydrogens is 348 g/mol. The summed E-state index contributed by atoms with van der Waals surface area (Å²) in [7, 11) is 1.23. The first-order valence-electron chi connectivity index (χ1n) is 7.71. The van der Waals surface area contributed by atoms with E-state index in [2.05, 4.69) is 15.4 Å². The van der Waals surface area contributed by atoms with E-state index in [-0.39, 0.29) is 16.8 Å². The number of anilines is 2. The summed E-state index contributed by atoms with van der Waals surface area (Å²) < 4.78 is 4.66. The second-order valence-corrected chi connectivity index (χ2v) is 5.25. The molecule has 2 rings (SSSR count). The number of primary amides is 1. The van der Waals surface area contributed by atoms with Gasteiger partial charge in [-0.3, -0.25) is 9.59 Å². The van der Waals surface area contributed by atoms with Crippen molar-refractivity contribution in [1.29, 1.82) is 5.26 Å². The molecule has 8 heteroatoms. The Morgan fingerprint density at radius 3 is 2.37 bits per heavy atom. The highest BCUT2D eigenvalue weighted by atomic mass is 16.5. The van der Waals surface area contributed by atoms with E-state index in [4.69, 9.17) is 5.73 Å². The van der Waals surface area contributed by atoms with Crippen molar-refractivity contribution in [2.24, 2.45) is 5.73 Å². The standard InChI is InChI=1S/C19H16N4O4/c1-27-19(26)15-4-2-3-5-16(15)23-18(25)13(10-20)11-22-14-8-6-12(7-9-14)17(21)24/h2-9,11,22H,1H3,(H2,21,24)(H,23,25)/b13-11-. The molecule has 0 saturated heterocycles. The van der Waals surface area contributed by atoms with Crippen molar-refractivity contribution < 1.29 is 19.1 Å². The van der Waals surface area contributed by atoms with Crippen molar-refractivity contribution in [1.82, 2.24) is 0 Å². The lowest BCUT2D eigenvalue weighted by atomic mass is 10.1. The van der Waals surface area contributed by atoms with Gasteiger partial charge in [0.2, 0.25) is 5.91 Å². The van der Waals surface area contributed by atoms with Gasteiger partial charge in [0.25, 0.3) is 5.91 Å². The molecule has 0 heterocycles. The second kappa shape index (κ2) is 8.82. The number of ether oxygens (including phenoxy) is 1. The van der Waals surface area contributed by atoms with Gasteiger partial charge in [-0.2, -0.15) is 5.26 Å². The molecule has 0 aliphatic carbocycles. The zero-order chi connectivity index (χ0) is 19.8. The van der Waals surface area contributed by atoms with Crippen LogP contribution in [0.25, 0.3) is 0 Å². The third-order valence-corrected chi connectivity index (χ3v) is 3.50. The maximum absolute atomic E-state index is 12.3. The maximum atomic E-state index is 12.3. The van der Waals surface area contributed by atoms with Gasteiger partial charge >= 0.3 is 5.97 Å². The number of nitrogens with zero attached hydrogens (tertiary/aromatic N) is 1. The van der Waals surface area contributed by atoms with E-state index < -0.39 is 17.8 Å². The normalized spacial score (nSPS) is 10.4. The minimum Gasteiger partial charge on any atom is -0.465 e. The van der Waals surface area contributed by atoms with Gasteiger partial charge in [-0.1, -0.05) is 12.1 Å². The third-order valence-electron chi connectivity index (χ3n) is 3.50. The quantitative estimate of drug-likeness (QED) is 0.408. The summed E-state index contributed by atoms with van der Waals surface area (Å²) in [6, 6.07) is 14.2. The lowest BCUT2D eigenvalue weighted by molar-refractivity contribution is -0.112. The number of esters is 1. The van der Waals surface area contributed by atoms with E-state index in [0.717, 1.165) is 0 Å². The van der Waals surface area contributed by atoms with E-state index in [1.165, 1.54) is 37.6 Å². The molecule has 8 nitrogen and oxygen atoms in total. The van der Waals surface area contributed by atoms with Crippen LogP contribution in [0.2, 0.25) is 0 Å². The van der Waals surface area contributed by atoms with Crippen molar-refractivity contribution >= 4 is 29.2 Å². The zero-order valence-electron chi connectivity index (χ0n) is 14.4. The molecular formula is C19H16N4O4. The second-order valence-electron chi connectivity index (χ2n) is 5.25. The molecule has 0 aliphatic rings. The summed E-state index contributed by atoms with van der Waals surface area (Å²) in [5.74, 6) is -1.87. The van der Waals surface area contributed by atoms with Crippen LogP contribution in [0.4, 0.5) is 11.4 Å². The van der Waals surface area contributed by atoms with Crippen molar-refractivity contribution in [2.75, 3.05) is 17.7 Å². The fraction of sp³-hybridized carbons (Fsp3) is 0.0526. The number of methoxy groups -OCH3 is 1. The zero-order valence-corrected chi connectivity index (χ0v) is 14.4. The topological polar surface area (TPSA) is 134 Å². The number of nitriles is 1. The van der Waals surface area contributed by atoms with E-state index in [1.807, 2.05) is 0 Å². The number of hydrogen-bond acceptors (Lipinski definition) is 6. The number of nitrogens with one attached hydrogen (secondary N) is 2. The monoisotopic (exact) mass is 364 g/mol. The minimum absolute atomic E-state index is 0.167. The molecule has 0 fully saturated rings. The smallest absolute Gasteiger partial charge is 0.339 e. The highest BCUT2D eigenvalue weighted by Gasteiger charge is 2.15. The summed E-state index contributed by atoms with van der Waals surface area (Å²) in [6.07, 6.45) is 1.22. The van der Waals surface area contributed by atoms with E-state index in [0.29, 0.717) is 11.3 Å². The summed E-state index contributed by atoms with van der Waals surface area (Å²) in [6.45, 7) is 0. The molecule has 0 atom stereocenters. The first-order chi connectivity index (χ1) is 13.0. The third kappa shape index (κ3) is 4.93. The molecule has 27 heavy (non-hydrogen) atoms. The summed E-state index contributed by atoms with van der Waals surface area (Å²) in [5, 5.41) is 14.5. The van der Waals surface area contributed by atoms with Gasteiger partial charge in [0, 0.05) is 17.5 Å². The van der Waals surface area contributed by atoms with Crippen LogP contribution in [0.1, 0.15) is 20.7 Å². The Labute approximate surface area is 155 Å². The highest BCUT2D eigenvalue weighted by Crippen LogP contribution is 2.17. The Kier molecular flexibility index (Phi) is 6.28. The number of para-hydroxylation sites is 1. The predicted molar refractivity (Wildman–Crippen MR) is 98.7 cm³/mol. The van der Waals surface area contributed by atoms with Crippen LogP contribution in [0.3, 0.4) is 0 Å². The highest BCUT2D eigenvalue weighted by molar-refractivity contribution is 6.09. The Bertz CT molecular complexity index is 943. The fourth-order valence-corrected chi connectivity index (χ4v) is 2.10. The Morgan fingerprint density at radius 2 is 1.78 bits per heavy atom. The van der Waals surface area contributed by atoms with Gasteiger partial charge < -0.3 is 21.1 Å². The molecule has 0 aromatic heterocycles. The average Bonchev–Trinajstić information content (AvgIpc) is 2.68. The number of carbonyl (C=O) groups excluding carboxylic acids is 3. The molecule has 4 N–H and O–H groups in total. The van der Waals surface area contributed by atoms with Crippen molar-refractivity contribution in [3.05, 3.63) is 71.4 Å². The van der Waals surface area contributed by atoms with Crippen molar-refractivity contribution in [3.63, 3.8) is 0 Å². The molecule has 0 unspecified atom stereocenters. The van der Waals surface area contributed by atoms with E-state index >= 15 is 0 Å². The molecule has 2 aromatic rings. The summed E-state index contributed by atoms with van der Waals surface area (Å²) in [4.78, 5) is 35.1. The van der Waals surface area contributed by atoms with Crippen LogP contribution in [0.15, 0.2) is 60.3 Å². The van der Waals surface area contributed by atoms with Gasteiger partial charge in [0.1, 0.15) is 11.6 Å². The number of amides is 2. The number of hydrogen-bond donors (Lipinski definition) is 3. The summed E-state index contributed by atoms with van der Waals surface area (Å²) >= 11 is 0. The first-order valence-corrected chi connectivity index (χ1v) is 7.71. The fourth-order valence-electron chi connectivity index (χ4n) is 2.10. The molecule has 0 aliphatic heterocycles. The van der Waals surface area contributed by atoms with Crippen molar-refractivity contribution in [2.45, 2.75) is 0 Å². The molecule has 0 spiro atoms. The number of nitrogens with two attached hydrogens (primary N) is 1. The molecule has 0 saturated carbocycles. The molecule has 2 aromatic carbocycles. The largest absolute Gasteiger partial charge is 0.465 e. The van der Waals surface area contributed by atoms with E-state index in [9.17, 15) is 19.6 Å². The van der Waals surface area contributed by atoms with Crippen LogP contribution >= 0.6 is 0 Å². The van der Waals surface area contributed by atoms with Crippen LogP contribution in [0.5, 0.6) is 0 Å². The Morgan fingerprint density at radius 1 is 1.11 bits per heavy atom. The number of rotatable bonds is 6. The summed E-state index contributed by atoms with van der Waals surface area (Å²) in [5.41, 5.74) is 6.23. The minimum atomic E-state index is -0.699. The van der Waals surface area contributed by atoms with Gasteiger partial charge in [0.15, 0.2) is 0 Å². The van der Waals surface area contributed by atoms with Crippen LogP contribution in [0, 0.1) is 11.3 Å². The predicted octanol–water partition coefficient (Wildman–Crippen LogP) is 2.03.